The van der Waals surface area contributed by atoms with Crippen LogP contribution in [0.15, 0.2) is 42.5 Å². The molecule has 0 atom stereocenters. The minimum absolute atomic E-state index is 0.00529. The lowest BCUT2D eigenvalue weighted by Crippen LogP contribution is -2.46. The van der Waals surface area contributed by atoms with Crippen LogP contribution in [0.25, 0.3) is 0 Å². The average molecular weight is 442 g/mol. The van der Waals surface area contributed by atoms with E-state index in [1.54, 1.807) is 30.3 Å². The van der Waals surface area contributed by atoms with Crippen molar-refractivity contribution in [3.05, 3.63) is 58.6 Å². The van der Waals surface area contributed by atoms with E-state index in [0.717, 1.165) is 31.7 Å². The first-order valence-corrected chi connectivity index (χ1v) is 11.1. The Kier molecular flexibility index (Phi) is 6.63. The third-order valence-electron chi connectivity index (χ3n) is 5.87. The van der Waals surface area contributed by atoms with E-state index in [1.807, 2.05) is 21.9 Å². The van der Waals surface area contributed by atoms with Crippen molar-refractivity contribution in [3.8, 4) is 0 Å². The Morgan fingerprint density at radius 2 is 1.55 bits per heavy atom. The van der Waals surface area contributed by atoms with Gasteiger partial charge in [-0.2, -0.15) is 0 Å². The van der Waals surface area contributed by atoms with E-state index in [-0.39, 0.29) is 11.8 Å². The Morgan fingerprint density at radius 3 is 2.26 bits per heavy atom. The van der Waals surface area contributed by atoms with E-state index in [4.69, 9.17) is 17.3 Å². The summed E-state index contributed by atoms with van der Waals surface area (Å²) in [5.41, 5.74) is 9.09. The van der Waals surface area contributed by atoms with Crippen molar-refractivity contribution in [1.29, 1.82) is 0 Å². The number of nitrogens with two attached hydrogens (primary N) is 1. The van der Waals surface area contributed by atoms with Gasteiger partial charge in [0, 0.05) is 68.5 Å². The largest absolute Gasteiger partial charge is 0.397 e. The Bertz CT molecular complexity index is 961. The molecule has 0 bridgehead atoms. The standard InChI is InChI=1S/C23H28ClN5O2/c24-19-4-1-3-17(15-19)22(30)28-10-2-9-27(13-14-28)21-6-5-18(16-20(21)25)23(31)29-11-7-26-8-12-29/h1,3-6,15-16,26H,2,7-14,25H2. The molecular weight excluding hydrogens is 414 g/mol. The normalized spacial score (nSPS) is 17.4. The minimum Gasteiger partial charge on any atom is -0.397 e. The summed E-state index contributed by atoms with van der Waals surface area (Å²) in [6, 6.07) is 12.6. The number of nitrogens with one attached hydrogen (secondary N) is 1. The minimum atomic E-state index is -0.00529. The van der Waals surface area contributed by atoms with Gasteiger partial charge in [0.25, 0.3) is 11.8 Å². The third-order valence-corrected chi connectivity index (χ3v) is 6.11. The second-order valence-electron chi connectivity index (χ2n) is 7.96. The molecule has 3 N–H and O–H groups in total. The van der Waals surface area contributed by atoms with Crippen molar-refractivity contribution in [2.45, 2.75) is 6.42 Å². The molecular formula is C23H28ClN5O2. The molecule has 2 heterocycles. The molecule has 4 rings (SSSR count). The molecule has 0 spiro atoms. The van der Waals surface area contributed by atoms with Gasteiger partial charge in [-0.1, -0.05) is 17.7 Å². The van der Waals surface area contributed by atoms with Crippen molar-refractivity contribution in [2.75, 3.05) is 63.0 Å². The molecule has 2 fully saturated rings. The maximum atomic E-state index is 12.9. The zero-order chi connectivity index (χ0) is 21.8. The number of halogens is 1. The molecule has 2 aromatic rings. The lowest BCUT2D eigenvalue weighted by molar-refractivity contribution is 0.0734. The summed E-state index contributed by atoms with van der Waals surface area (Å²) in [7, 11) is 0. The first-order chi connectivity index (χ1) is 15.0. The lowest BCUT2D eigenvalue weighted by atomic mass is 10.1. The number of carbonyl (C=O) groups excluding carboxylic acids is 2. The van der Waals surface area contributed by atoms with Crippen LogP contribution in [-0.2, 0) is 0 Å². The van der Waals surface area contributed by atoms with Gasteiger partial charge in [0.15, 0.2) is 0 Å². The Balaban J connectivity index is 1.43. The zero-order valence-electron chi connectivity index (χ0n) is 17.5. The maximum Gasteiger partial charge on any atom is 0.254 e. The van der Waals surface area contributed by atoms with Crippen LogP contribution in [0, 0.1) is 0 Å². The van der Waals surface area contributed by atoms with E-state index < -0.39 is 0 Å². The Labute approximate surface area is 187 Å². The fourth-order valence-corrected chi connectivity index (χ4v) is 4.38. The number of amides is 2. The number of anilines is 2. The number of benzene rings is 2. The fraction of sp³-hybridized carbons (Fsp3) is 0.391. The highest BCUT2D eigenvalue weighted by Crippen LogP contribution is 2.26. The summed E-state index contributed by atoms with van der Waals surface area (Å²) < 4.78 is 0. The van der Waals surface area contributed by atoms with Gasteiger partial charge in [0.1, 0.15) is 0 Å². The number of hydrogen-bond acceptors (Lipinski definition) is 5. The third kappa shape index (κ3) is 4.94. The van der Waals surface area contributed by atoms with Crippen molar-refractivity contribution < 1.29 is 9.59 Å². The highest BCUT2D eigenvalue weighted by Gasteiger charge is 2.23. The monoisotopic (exact) mass is 441 g/mol. The number of nitrogens with zero attached hydrogens (tertiary/aromatic N) is 3. The second-order valence-corrected chi connectivity index (χ2v) is 8.40. The molecule has 2 aromatic carbocycles. The molecule has 31 heavy (non-hydrogen) atoms. The van der Waals surface area contributed by atoms with Gasteiger partial charge in [0.05, 0.1) is 11.4 Å². The number of rotatable bonds is 3. The van der Waals surface area contributed by atoms with Crippen molar-refractivity contribution in [3.63, 3.8) is 0 Å². The van der Waals surface area contributed by atoms with Crippen LogP contribution < -0.4 is 16.0 Å². The van der Waals surface area contributed by atoms with Gasteiger partial charge in [0.2, 0.25) is 0 Å². The van der Waals surface area contributed by atoms with Gasteiger partial charge in [-0.3, -0.25) is 9.59 Å². The van der Waals surface area contributed by atoms with E-state index in [1.165, 1.54) is 0 Å². The van der Waals surface area contributed by atoms with Crippen LogP contribution in [0.3, 0.4) is 0 Å². The van der Waals surface area contributed by atoms with E-state index >= 15 is 0 Å². The van der Waals surface area contributed by atoms with Gasteiger partial charge in [-0.05, 0) is 42.8 Å². The summed E-state index contributed by atoms with van der Waals surface area (Å²) in [4.78, 5) is 31.5. The van der Waals surface area contributed by atoms with Crippen LogP contribution in [0.2, 0.25) is 5.02 Å². The molecule has 0 aliphatic carbocycles. The summed E-state index contributed by atoms with van der Waals surface area (Å²) in [6.07, 6.45) is 0.840. The van der Waals surface area contributed by atoms with Crippen LogP contribution in [0.1, 0.15) is 27.1 Å². The predicted octanol–water partition coefficient (Wildman–Crippen LogP) is 2.32. The van der Waals surface area contributed by atoms with E-state index in [0.29, 0.717) is 54.6 Å². The molecule has 7 nitrogen and oxygen atoms in total. The summed E-state index contributed by atoms with van der Waals surface area (Å²) >= 11 is 6.04. The predicted molar refractivity (Wildman–Crippen MR) is 124 cm³/mol. The molecule has 0 saturated carbocycles. The molecule has 2 aliphatic heterocycles. The van der Waals surface area contributed by atoms with E-state index in [9.17, 15) is 9.59 Å². The number of piperazine rings is 1. The van der Waals surface area contributed by atoms with Crippen LogP contribution in [0.4, 0.5) is 11.4 Å². The lowest BCUT2D eigenvalue weighted by Gasteiger charge is -2.28. The number of hydrogen-bond donors (Lipinski definition) is 2. The molecule has 2 aliphatic rings. The molecule has 2 saturated heterocycles. The molecule has 0 aromatic heterocycles. The smallest absolute Gasteiger partial charge is 0.254 e. The second kappa shape index (κ2) is 9.58. The number of carbonyl (C=O) groups is 2. The van der Waals surface area contributed by atoms with Crippen LogP contribution in [-0.4, -0.2) is 74.0 Å². The van der Waals surface area contributed by atoms with Gasteiger partial charge >= 0.3 is 0 Å². The summed E-state index contributed by atoms with van der Waals surface area (Å²) in [6.45, 7) is 5.82. The fourth-order valence-electron chi connectivity index (χ4n) is 4.19. The first kappa shape index (κ1) is 21.5. The highest BCUT2D eigenvalue weighted by molar-refractivity contribution is 6.30. The quantitative estimate of drug-likeness (QED) is 0.714. The van der Waals surface area contributed by atoms with Gasteiger partial charge in [-0.15, -0.1) is 0 Å². The average Bonchev–Trinajstić information content (AvgIpc) is 3.05. The summed E-state index contributed by atoms with van der Waals surface area (Å²) in [5.74, 6) is 0.0169. The van der Waals surface area contributed by atoms with E-state index in [2.05, 4.69) is 10.2 Å². The molecule has 8 heteroatoms. The van der Waals surface area contributed by atoms with Crippen molar-refractivity contribution >= 4 is 34.8 Å². The Morgan fingerprint density at radius 1 is 0.839 bits per heavy atom. The van der Waals surface area contributed by atoms with Crippen LogP contribution >= 0.6 is 11.6 Å². The van der Waals surface area contributed by atoms with Crippen molar-refractivity contribution in [2.24, 2.45) is 0 Å². The highest BCUT2D eigenvalue weighted by atomic mass is 35.5. The summed E-state index contributed by atoms with van der Waals surface area (Å²) in [5, 5.41) is 3.82. The van der Waals surface area contributed by atoms with Crippen molar-refractivity contribution in [1.82, 2.24) is 15.1 Å². The number of nitrogen functional groups attached to an aromatic ring is 1. The molecule has 0 radical (unpaired) electrons. The Hall–Kier alpha value is -2.77. The van der Waals surface area contributed by atoms with Gasteiger partial charge < -0.3 is 25.8 Å². The molecule has 164 valence electrons. The zero-order valence-corrected chi connectivity index (χ0v) is 18.3. The topological polar surface area (TPSA) is 81.9 Å². The van der Waals surface area contributed by atoms with Gasteiger partial charge in [-0.25, -0.2) is 0 Å². The SMILES string of the molecule is Nc1cc(C(=O)N2CCNCC2)ccc1N1CCCN(C(=O)c2cccc(Cl)c2)CC1. The maximum absolute atomic E-state index is 12.9. The first-order valence-electron chi connectivity index (χ1n) is 10.7. The van der Waals surface area contributed by atoms with Crippen LogP contribution in [0.5, 0.6) is 0 Å². The molecule has 0 unspecified atom stereocenters. The molecule has 2 amide bonds.